The summed E-state index contributed by atoms with van der Waals surface area (Å²) < 4.78 is 10.7. The van der Waals surface area contributed by atoms with Gasteiger partial charge in [-0.3, -0.25) is 0 Å². The first-order chi connectivity index (χ1) is 6.81. The van der Waals surface area contributed by atoms with Crippen LogP contribution in [0.5, 0.6) is 0 Å². The second kappa shape index (κ2) is 5.62. The average molecular weight is 198 g/mol. The maximum Gasteiger partial charge on any atom is 0.209 e. The average Bonchev–Trinajstić information content (AvgIpc) is 2.21. The monoisotopic (exact) mass is 198 g/mol. The van der Waals surface area contributed by atoms with E-state index in [4.69, 9.17) is 9.47 Å². The van der Waals surface area contributed by atoms with E-state index in [1.807, 2.05) is 13.8 Å². The standard InChI is InChI=1S/C10H18N2O2/c1-4-8-10(14-6-3)11-7-9(12-8)13-5-2/h8H,4-7H2,1-3H3. The lowest BCUT2D eigenvalue weighted by molar-refractivity contribution is 0.293. The van der Waals surface area contributed by atoms with Crippen molar-refractivity contribution in [2.45, 2.75) is 33.2 Å². The summed E-state index contributed by atoms with van der Waals surface area (Å²) in [5.41, 5.74) is 0. The Bertz CT molecular complexity index is 236. The number of ether oxygens (including phenoxy) is 2. The molecule has 80 valence electrons. The summed E-state index contributed by atoms with van der Waals surface area (Å²) >= 11 is 0. The Morgan fingerprint density at radius 2 is 1.93 bits per heavy atom. The highest BCUT2D eigenvalue weighted by Gasteiger charge is 2.20. The van der Waals surface area contributed by atoms with Crippen LogP contribution in [0.15, 0.2) is 9.98 Å². The van der Waals surface area contributed by atoms with Crippen molar-refractivity contribution < 1.29 is 9.47 Å². The fraction of sp³-hybridized carbons (Fsp3) is 0.800. The molecule has 0 N–H and O–H groups in total. The van der Waals surface area contributed by atoms with Crippen molar-refractivity contribution in [1.82, 2.24) is 0 Å². The number of nitrogens with zero attached hydrogens (tertiary/aromatic N) is 2. The third-order valence-corrected chi connectivity index (χ3v) is 1.94. The Labute approximate surface area is 85.0 Å². The van der Waals surface area contributed by atoms with E-state index in [0.29, 0.717) is 19.8 Å². The van der Waals surface area contributed by atoms with E-state index in [-0.39, 0.29) is 6.04 Å². The molecule has 0 bridgehead atoms. The molecule has 4 heteroatoms. The van der Waals surface area contributed by atoms with Gasteiger partial charge in [0.25, 0.3) is 0 Å². The van der Waals surface area contributed by atoms with Gasteiger partial charge in [-0.05, 0) is 20.3 Å². The lowest BCUT2D eigenvalue weighted by Crippen LogP contribution is -2.29. The first-order valence-electron chi connectivity index (χ1n) is 5.18. The summed E-state index contributed by atoms with van der Waals surface area (Å²) in [5, 5.41) is 0. The van der Waals surface area contributed by atoms with Crippen LogP contribution in [-0.4, -0.2) is 37.6 Å². The number of aliphatic imine (C=N–C) groups is 2. The molecule has 0 radical (unpaired) electrons. The molecular formula is C10H18N2O2. The zero-order valence-electron chi connectivity index (χ0n) is 9.12. The van der Waals surface area contributed by atoms with Gasteiger partial charge >= 0.3 is 0 Å². The molecule has 0 fully saturated rings. The number of rotatable bonds is 3. The molecule has 1 heterocycles. The molecule has 4 nitrogen and oxygen atoms in total. The van der Waals surface area contributed by atoms with E-state index < -0.39 is 0 Å². The summed E-state index contributed by atoms with van der Waals surface area (Å²) in [6.45, 7) is 7.78. The van der Waals surface area contributed by atoms with Crippen molar-refractivity contribution in [2.24, 2.45) is 9.98 Å². The molecule has 1 aliphatic rings. The van der Waals surface area contributed by atoms with Gasteiger partial charge in [-0.25, -0.2) is 9.98 Å². The third-order valence-electron chi connectivity index (χ3n) is 1.94. The SMILES string of the molecule is CCOC1=NC(CC)C(OCC)=NC1. The molecule has 0 aromatic rings. The molecule has 14 heavy (non-hydrogen) atoms. The molecule has 0 saturated heterocycles. The minimum absolute atomic E-state index is 0.0465. The molecule has 0 spiro atoms. The van der Waals surface area contributed by atoms with Crippen molar-refractivity contribution in [3.63, 3.8) is 0 Å². The van der Waals surface area contributed by atoms with Gasteiger partial charge in [-0.2, -0.15) is 0 Å². The molecular weight excluding hydrogens is 180 g/mol. The van der Waals surface area contributed by atoms with E-state index in [1.165, 1.54) is 0 Å². The van der Waals surface area contributed by atoms with Crippen LogP contribution in [0.4, 0.5) is 0 Å². The van der Waals surface area contributed by atoms with E-state index in [9.17, 15) is 0 Å². The van der Waals surface area contributed by atoms with Crippen LogP contribution in [0, 0.1) is 0 Å². The highest BCUT2D eigenvalue weighted by molar-refractivity contribution is 5.91. The minimum atomic E-state index is 0.0465. The van der Waals surface area contributed by atoms with E-state index in [1.54, 1.807) is 0 Å². The second-order valence-corrected chi connectivity index (χ2v) is 2.97. The van der Waals surface area contributed by atoms with Crippen LogP contribution >= 0.6 is 0 Å². The molecule has 1 atom stereocenters. The van der Waals surface area contributed by atoms with Crippen LogP contribution < -0.4 is 0 Å². The lowest BCUT2D eigenvalue weighted by Gasteiger charge is -2.19. The predicted molar refractivity (Wildman–Crippen MR) is 57.1 cm³/mol. The quantitative estimate of drug-likeness (QED) is 0.692. The highest BCUT2D eigenvalue weighted by Crippen LogP contribution is 2.09. The first-order valence-corrected chi connectivity index (χ1v) is 5.18. The zero-order valence-corrected chi connectivity index (χ0v) is 9.12. The number of hydrogen-bond acceptors (Lipinski definition) is 4. The van der Waals surface area contributed by atoms with Crippen LogP contribution in [0.3, 0.4) is 0 Å². The van der Waals surface area contributed by atoms with Gasteiger partial charge in [-0.1, -0.05) is 6.92 Å². The third kappa shape index (κ3) is 2.72. The molecule has 0 saturated carbocycles. The summed E-state index contributed by atoms with van der Waals surface area (Å²) in [4.78, 5) is 8.74. The Balaban J connectivity index is 2.59. The van der Waals surface area contributed by atoms with Gasteiger partial charge < -0.3 is 9.47 Å². The molecule has 1 unspecified atom stereocenters. The van der Waals surface area contributed by atoms with Crippen molar-refractivity contribution >= 4 is 11.8 Å². The smallest absolute Gasteiger partial charge is 0.209 e. The fourth-order valence-electron chi connectivity index (χ4n) is 1.33. The Hall–Kier alpha value is -1.06. The molecule has 1 rings (SSSR count). The lowest BCUT2D eigenvalue weighted by atomic mass is 10.2. The van der Waals surface area contributed by atoms with E-state index in [2.05, 4.69) is 16.9 Å². The Morgan fingerprint density at radius 3 is 2.50 bits per heavy atom. The fourth-order valence-corrected chi connectivity index (χ4v) is 1.33. The molecule has 0 aromatic carbocycles. The van der Waals surface area contributed by atoms with Crippen molar-refractivity contribution in [2.75, 3.05) is 19.8 Å². The maximum absolute atomic E-state index is 5.40. The zero-order chi connectivity index (χ0) is 10.4. The van der Waals surface area contributed by atoms with Crippen LogP contribution in [-0.2, 0) is 9.47 Å². The molecule has 0 aromatic heterocycles. The van der Waals surface area contributed by atoms with Crippen LogP contribution in [0.2, 0.25) is 0 Å². The topological polar surface area (TPSA) is 43.2 Å². The molecule has 0 amide bonds. The van der Waals surface area contributed by atoms with Crippen molar-refractivity contribution in [3.05, 3.63) is 0 Å². The van der Waals surface area contributed by atoms with Gasteiger partial charge in [0.1, 0.15) is 12.6 Å². The Morgan fingerprint density at radius 1 is 1.21 bits per heavy atom. The second-order valence-electron chi connectivity index (χ2n) is 2.97. The molecule has 0 aliphatic carbocycles. The predicted octanol–water partition coefficient (Wildman–Crippen LogP) is 1.65. The van der Waals surface area contributed by atoms with Gasteiger partial charge in [0.2, 0.25) is 11.8 Å². The van der Waals surface area contributed by atoms with E-state index in [0.717, 1.165) is 18.2 Å². The van der Waals surface area contributed by atoms with Crippen molar-refractivity contribution in [3.8, 4) is 0 Å². The normalized spacial score (nSPS) is 21.2. The van der Waals surface area contributed by atoms with Gasteiger partial charge in [0.05, 0.1) is 13.2 Å². The maximum atomic E-state index is 5.40. The minimum Gasteiger partial charge on any atom is -0.480 e. The van der Waals surface area contributed by atoms with Gasteiger partial charge in [0.15, 0.2) is 0 Å². The summed E-state index contributed by atoms with van der Waals surface area (Å²) in [6.07, 6.45) is 0.898. The van der Waals surface area contributed by atoms with E-state index >= 15 is 0 Å². The van der Waals surface area contributed by atoms with Gasteiger partial charge in [0, 0.05) is 0 Å². The van der Waals surface area contributed by atoms with Gasteiger partial charge in [-0.15, -0.1) is 0 Å². The number of hydrogen-bond donors (Lipinski definition) is 0. The summed E-state index contributed by atoms with van der Waals surface area (Å²) in [5.74, 6) is 1.47. The Kier molecular flexibility index (Phi) is 4.43. The largest absolute Gasteiger partial charge is 0.480 e. The molecule has 1 aliphatic heterocycles. The first kappa shape index (κ1) is 11.0. The summed E-state index contributed by atoms with van der Waals surface area (Å²) in [6, 6.07) is 0.0465. The van der Waals surface area contributed by atoms with Crippen LogP contribution in [0.1, 0.15) is 27.2 Å². The summed E-state index contributed by atoms with van der Waals surface area (Å²) in [7, 11) is 0. The highest BCUT2D eigenvalue weighted by atomic mass is 16.5. The van der Waals surface area contributed by atoms with Crippen molar-refractivity contribution in [1.29, 1.82) is 0 Å². The van der Waals surface area contributed by atoms with Crippen LogP contribution in [0.25, 0.3) is 0 Å².